The maximum absolute atomic E-state index is 6.89. The number of fused-ring (bicyclic) bond motifs is 4. The SMILES string of the molecule is Brc1cc2ccccc2cc1I.C#Cc1cccc2ccccc12.CCC[CH2][Sn]([CH2]CCC)([CH2]CCC)[c]1cc2ccccc2cc1Br.CCC[CH2][Sn]([Cl])([CH2]CCC)[CH2]CCC.Cc1ccccc1C#Cc1cccc2ccccc12. The third-order valence-corrected chi connectivity index (χ3v) is 49.5. The second-order valence-corrected chi connectivity index (χ2v) is 53.8. The van der Waals surface area contributed by atoms with Crippen LogP contribution in [0.4, 0.5) is 0 Å². The van der Waals surface area contributed by atoms with E-state index in [0.29, 0.717) is 0 Å². The van der Waals surface area contributed by atoms with Crippen LogP contribution >= 0.6 is 63.4 Å². The predicted molar refractivity (Wildman–Crippen MR) is 384 cm³/mol. The van der Waals surface area contributed by atoms with Crippen molar-refractivity contribution in [3.63, 3.8) is 0 Å². The van der Waals surface area contributed by atoms with E-state index in [9.17, 15) is 0 Å². The van der Waals surface area contributed by atoms with Gasteiger partial charge in [-0.25, -0.2) is 0 Å². The fourth-order valence-electron chi connectivity index (χ4n) is 10.5. The zero-order valence-corrected chi connectivity index (χ0v) is 61.4. The second-order valence-electron chi connectivity index (χ2n) is 21.6. The molecular weight excluding hydrogens is 1460 g/mol. The third kappa shape index (κ3) is 22.3. The molecule has 0 atom stereocenters. The second kappa shape index (κ2) is 37.9. The van der Waals surface area contributed by atoms with Crippen molar-refractivity contribution in [3.05, 3.63) is 217 Å². The Labute approximate surface area is 532 Å². The summed E-state index contributed by atoms with van der Waals surface area (Å²) in [5.41, 5.74) is 4.36. The number of rotatable bonds is 19. The van der Waals surface area contributed by atoms with Gasteiger partial charge < -0.3 is 0 Å². The summed E-state index contributed by atoms with van der Waals surface area (Å²) in [6, 6.07) is 63.5. The van der Waals surface area contributed by atoms with Gasteiger partial charge in [0.25, 0.3) is 0 Å². The van der Waals surface area contributed by atoms with Gasteiger partial charge in [0.2, 0.25) is 0 Å². The third-order valence-electron chi connectivity index (χ3n) is 15.4. The molecule has 0 saturated carbocycles. The summed E-state index contributed by atoms with van der Waals surface area (Å²) >= 11 is 5.37. The maximum Gasteiger partial charge on any atom is 0.0327 e. The molecule has 0 amide bonds. The van der Waals surface area contributed by atoms with Crippen LogP contribution in [0.2, 0.25) is 26.6 Å². The molecule has 424 valence electrons. The van der Waals surface area contributed by atoms with Gasteiger partial charge in [-0.2, -0.15) is 0 Å². The van der Waals surface area contributed by atoms with E-state index in [4.69, 9.17) is 15.3 Å². The van der Waals surface area contributed by atoms with Crippen molar-refractivity contribution in [3.8, 4) is 24.2 Å². The molecule has 0 aromatic heterocycles. The van der Waals surface area contributed by atoms with E-state index in [1.807, 2.05) is 42.5 Å². The first-order chi connectivity index (χ1) is 39.4. The maximum atomic E-state index is 6.89. The Balaban J connectivity index is 0.000000191. The summed E-state index contributed by atoms with van der Waals surface area (Å²) in [7, 11) is 6.89. The zero-order valence-electron chi connectivity index (χ0n) is 49.6. The number of hydrogen-bond acceptors (Lipinski definition) is 0. The smallest absolute Gasteiger partial charge is 0.0327 e. The Kier molecular flexibility index (Phi) is 32.1. The van der Waals surface area contributed by atoms with Crippen LogP contribution in [0, 0.1) is 34.7 Å². The van der Waals surface area contributed by atoms with Crippen molar-refractivity contribution >= 4 is 146 Å². The molecule has 6 heteroatoms. The summed E-state index contributed by atoms with van der Waals surface area (Å²) in [5.74, 6) is 9.24. The molecule has 0 nitrogen and oxygen atoms in total. The van der Waals surface area contributed by atoms with Crippen molar-refractivity contribution in [2.24, 2.45) is 0 Å². The molecule has 0 N–H and O–H groups in total. The summed E-state index contributed by atoms with van der Waals surface area (Å²) in [5, 5.41) is 10.2. The molecule has 9 rings (SSSR count). The van der Waals surface area contributed by atoms with Crippen molar-refractivity contribution in [1.82, 2.24) is 0 Å². The molecule has 0 spiro atoms. The average molecular weight is 1550 g/mol. The Morgan fingerprint density at radius 2 is 0.753 bits per heavy atom. The van der Waals surface area contributed by atoms with E-state index < -0.39 is 35.6 Å². The van der Waals surface area contributed by atoms with Gasteiger partial charge in [0.15, 0.2) is 0 Å². The number of halogens is 4. The van der Waals surface area contributed by atoms with Gasteiger partial charge in [0, 0.05) is 24.7 Å². The quantitative estimate of drug-likeness (QED) is 0.0430. The van der Waals surface area contributed by atoms with E-state index in [1.54, 1.807) is 3.58 Å². The van der Waals surface area contributed by atoms with Crippen LogP contribution in [-0.2, 0) is 0 Å². The van der Waals surface area contributed by atoms with Crippen LogP contribution in [0.15, 0.2) is 191 Å². The zero-order chi connectivity index (χ0) is 58.3. The van der Waals surface area contributed by atoms with Crippen molar-refractivity contribution in [1.29, 1.82) is 0 Å². The van der Waals surface area contributed by atoms with Crippen molar-refractivity contribution in [2.75, 3.05) is 0 Å². The van der Waals surface area contributed by atoms with E-state index >= 15 is 0 Å². The molecule has 0 bridgehead atoms. The fourth-order valence-corrected chi connectivity index (χ4v) is 44.1. The van der Waals surface area contributed by atoms with E-state index in [-0.39, 0.29) is 0 Å². The molecule has 9 aromatic rings. The summed E-state index contributed by atoms with van der Waals surface area (Å²) in [6.45, 7) is 16.0. The molecule has 9 aromatic carbocycles. The van der Waals surface area contributed by atoms with Crippen LogP contribution in [0.1, 0.15) is 141 Å². The molecule has 0 fully saturated rings. The van der Waals surface area contributed by atoms with Crippen molar-refractivity contribution < 1.29 is 0 Å². The van der Waals surface area contributed by atoms with Gasteiger partial charge in [-0.05, 0) is 114 Å². The van der Waals surface area contributed by atoms with E-state index in [1.165, 1.54) is 159 Å². The Morgan fingerprint density at radius 1 is 0.407 bits per heavy atom. The average Bonchev–Trinajstić information content (AvgIpc) is 3.56. The molecule has 0 radical (unpaired) electrons. The van der Waals surface area contributed by atoms with Gasteiger partial charge >= 0.3 is 261 Å². The number of benzene rings is 9. The molecule has 0 saturated heterocycles. The topological polar surface area (TPSA) is 0 Å². The first kappa shape index (κ1) is 68.5. The standard InChI is InChI=1S/C19H14.C12H8.C10H6BrI.C10H6Br.6C4H9.ClH.2Sn/c1-15-7-2-3-8-16(15)13-14-18-11-6-10-17-9-4-5-12-19(17)18;1-2-10-7-5-8-11-6-3-4-9-12(10)11;11-9-5-7-3-1-2-4-8(7)6-10(9)12;11-10-6-5-8-3-1-2-4-9(8)7-10;6*1-3-4-2;;;/h2-12H,1H3;1,3-9H;1-6H;1-5,7H;6*1,3-4H2,2H3;1H;;/q;;;;;;;;;;;;+1/p-1. The Hall–Kier alpha value is -3.28. The van der Waals surface area contributed by atoms with Crippen LogP contribution in [0.25, 0.3) is 43.1 Å². The monoisotopic (exact) mass is 1550 g/mol. The number of aryl methyl sites for hydroxylation is 1. The predicted octanol–water partition coefficient (Wildman–Crippen LogP) is 24.8. The summed E-state index contributed by atoms with van der Waals surface area (Å²) < 4.78 is 14.4. The molecule has 81 heavy (non-hydrogen) atoms. The number of terminal acetylenes is 1. The minimum Gasteiger partial charge on any atom is -0.0619 e. The first-order valence-corrected chi connectivity index (χ1v) is 49.9. The van der Waals surface area contributed by atoms with Gasteiger partial charge in [0.05, 0.1) is 0 Å². The number of unbranched alkanes of at least 4 members (excludes halogenated alkanes) is 6. The molecule has 0 aliphatic rings. The van der Waals surface area contributed by atoms with Crippen LogP contribution in [0.3, 0.4) is 0 Å². The molecule has 0 heterocycles. The van der Waals surface area contributed by atoms with Crippen LogP contribution in [0.5, 0.6) is 0 Å². The van der Waals surface area contributed by atoms with E-state index in [0.717, 1.165) is 22.1 Å². The molecular formula is C75H88Br2ClISn2. The minimum atomic E-state index is -2.36. The summed E-state index contributed by atoms with van der Waals surface area (Å²) in [4.78, 5) is 0. The van der Waals surface area contributed by atoms with E-state index in [2.05, 4.69) is 260 Å². The number of hydrogen-bond donors (Lipinski definition) is 0. The first-order valence-electron chi connectivity index (χ1n) is 30.1. The molecule has 0 aliphatic carbocycles. The largest absolute Gasteiger partial charge is 0.0619 e. The Morgan fingerprint density at radius 3 is 1.22 bits per heavy atom. The van der Waals surface area contributed by atoms with Gasteiger partial charge in [-0.1, -0.05) is 133 Å². The van der Waals surface area contributed by atoms with Gasteiger partial charge in [-0.15, -0.1) is 6.42 Å². The normalized spacial score (nSPS) is 10.9. The van der Waals surface area contributed by atoms with Crippen LogP contribution < -0.4 is 3.58 Å². The van der Waals surface area contributed by atoms with Gasteiger partial charge in [-0.3, -0.25) is 0 Å². The fraction of sp³-hybridized carbons (Fsp3) is 0.333. The summed E-state index contributed by atoms with van der Waals surface area (Å²) in [6.07, 6.45) is 21.7. The molecule has 0 unspecified atom stereocenters. The van der Waals surface area contributed by atoms with Crippen LogP contribution in [-0.4, -0.2) is 35.6 Å². The molecule has 0 aliphatic heterocycles. The van der Waals surface area contributed by atoms with Gasteiger partial charge in [0.1, 0.15) is 0 Å². The Bertz CT molecular complexity index is 3330. The van der Waals surface area contributed by atoms with Crippen molar-refractivity contribution in [2.45, 2.75) is 152 Å². The minimum absolute atomic E-state index is 0.966.